The van der Waals surface area contributed by atoms with E-state index in [1.165, 1.54) is 7.11 Å². The van der Waals surface area contributed by atoms with Crippen molar-refractivity contribution in [2.75, 3.05) is 12.4 Å². The number of rotatable bonds is 8. The number of esters is 1. The third kappa shape index (κ3) is 5.85. The first-order valence-electron chi connectivity index (χ1n) is 9.48. The van der Waals surface area contributed by atoms with E-state index in [0.29, 0.717) is 29.4 Å². The number of ether oxygens (including phenoxy) is 3. The van der Waals surface area contributed by atoms with Crippen molar-refractivity contribution in [3.05, 3.63) is 90.0 Å². The van der Waals surface area contributed by atoms with E-state index in [9.17, 15) is 9.59 Å². The van der Waals surface area contributed by atoms with Crippen molar-refractivity contribution in [3.63, 3.8) is 0 Å². The highest BCUT2D eigenvalue weighted by Gasteiger charge is 2.15. The third-order valence-corrected chi connectivity index (χ3v) is 4.33. The summed E-state index contributed by atoms with van der Waals surface area (Å²) in [7, 11) is 1.32. The van der Waals surface area contributed by atoms with Gasteiger partial charge in [-0.1, -0.05) is 30.3 Å². The SMILES string of the molecule is COC(=O)c1ccc(O[C@@H](C)C(=O)Nc2ccc(OCc3ccccc3)cc2)cc1. The first-order chi connectivity index (χ1) is 14.5. The molecule has 0 aliphatic rings. The predicted molar refractivity (Wildman–Crippen MR) is 114 cm³/mol. The van der Waals surface area contributed by atoms with Crippen molar-refractivity contribution in [2.45, 2.75) is 19.6 Å². The zero-order chi connectivity index (χ0) is 21.3. The largest absolute Gasteiger partial charge is 0.489 e. The second-order valence-electron chi connectivity index (χ2n) is 6.56. The Morgan fingerprint density at radius 1 is 0.867 bits per heavy atom. The van der Waals surface area contributed by atoms with Crippen LogP contribution in [-0.2, 0) is 16.1 Å². The quantitative estimate of drug-likeness (QED) is 0.560. The van der Waals surface area contributed by atoms with Gasteiger partial charge < -0.3 is 19.5 Å². The molecule has 1 amide bonds. The van der Waals surface area contributed by atoms with Gasteiger partial charge in [-0.15, -0.1) is 0 Å². The van der Waals surface area contributed by atoms with Crippen molar-refractivity contribution in [1.82, 2.24) is 0 Å². The van der Waals surface area contributed by atoms with Crippen molar-refractivity contribution in [1.29, 1.82) is 0 Å². The van der Waals surface area contributed by atoms with Crippen LogP contribution in [0, 0.1) is 0 Å². The molecule has 0 unspecified atom stereocenters. The second kappa shape index (κ2) is 10.1. The van der Waals surface area contributed by atoms with Gasteiger partial charge >= 0.3 is 5.97 Å². The molecule has 6 nitrogen and oxygen atoms in total. The average Bonchev–Trinajstić information content (AvgIpc) is 2.79. The topological polar surface area (TPSA) is 73.9 Å². The minimum absolute atomic E-state index is 0.287. The lowest BCUT2D eigenvalue weighted by Crippen LogP contribution is -2.30. The first kappa shape index (κ1) is 20.9. The Morgan fingerprint density at radius 2 is 1.50 bits per heavy atom. The van der Waals surface area contributed by atoms with Crippen LogP contribution in [0.3, 0.4) is 0 Å². The average molecular weight is 405 g/mol. The van der Waals surface area contributed by atoms with Gasteiger partial charge in [0, 0.05) is 5.69 Å². The van der Waals surface area contributed by atoms with Crippen LogP contribution in [-0.4, -0.2) is 25.1 Å². The van der Waals surface area contributed by atoms with E-state index in [1.54, 1.807) is 55.5 Å². The van der Waals surface area contributed by atoms with Crippen LogP contribution in [0.4, 0.5) is 5.69 Å². The number of hydrogen-bond acceptors (Lipinski definition) is 5. The molecule has 3 aromatic carbocycles. The molecule has 0 heterocycles. The summed E-state index contributed by atoms with van der Waals surface area (Å²) in [5.41, 5.74) is 2.14. The lowest BCUT2D eigenvalue weighted by atomic mass is 10.2. The van der Waals surface area contributed by atoms with E-state index in [-0.39, 0.29) is 5.91 Å². The summed E-state index contributed by atoms with van der Waals surface area (Å²) in [6.07, 6.45) is -0.719. The summed E-state index contributed by atoms with van der Waals surface area (Å²) in [6, 6.07) is 23.4. The van der Waals surface area contributed by atoms with E-state index in [2.05, 4.69) is 10.1 Å². The summed E-state index contributed by atoms with van der Waals surface area (Å²) in [5.74, 6) is 0.482. The third-order valence-electron chi connectivity index (χ3n) is 4.33. The van der Waals surface area contributed by atoms with Gasteiger partial charge in [-0.3, -0.25) is 4.79 Å². The highest BCUT2D eigenvalue weighted by molar-refractivity contribution is 5.94. The maximum atomic E-state index is 12.4. The molecule has 0 fully saturated rings. The monoisotopic (exact) mass is 405 g/mol. The van der Waals surface area contributed by atoms with Crippen molar-refractivity contribution < 1.29 is 23.8 Å². The zero-order valence-corrected chi connectivity index (χ0v) is 16.8. The summed E-state index contributed by atoms with van der Waals surface area (Å²) >= 11 is 0. The second-order valence-corrected chi connectivity index (χ2v) is 6.56. The Kier molecular flexibility index (Phi) is 7.05. The van der Waals surface area contributed by atoms with Gasteiger partial charge in [-0.25, -0.2) is 4.79 Å². The Bertz CT molecular complexity index is 969. The number of carbonyl (C=O) groups is 2. The Labute approximate surface area is 175 Å². The maximum Gasteiger partial charge on any atom is 0.337 e. The summed E-state index contributed by atoms with van der Waals surface area (Å²) in [6.45, 7) is 2.13. The van der Waals surface area contributed by atoms with Gasteiger partial charge in [0.25, 0.3) is 5.91 Å². The molecule has 0 aromatic heterocycles. The number of nitrogens with one attached hydrogen (secondary N) is 1. The molecule has 3 rings (SSSR count). The molecule has 154 valence electrons. The number of anilines is 1. The van der Waals surface area contributed by atoms with Gasteiger partial charge in [0.1, 0.15) is 18.1 Å². The summed E-state index contributed by atoms with van der Waals surface area (Å²) in [4.78, 5) is 23.9. The van der Waals surface area contributed by atoms with Crippen LogP contribution in [0.5, 0.6) is 11.5 Å². The molecule has 0 spiro atoms. The predicted octanol–water partition coefficient (Wildman–Crippen LogP) is 4.46. The first-order valence-corrected chi connectivity index (χ1v) is 9.48. The number of benzene rings is 3. The van der Waals surface area contributed by atoms with Gasteiger partial charge in [-0.05, 0) is 61.0 Å². The molecule has 3 aromatic rings. The Morgan fingerprint density at radius 3 is 2.13 bits per heavy atom. The highest BCUT2D eigenvalue weighted by Crippen LogP contribution is 2.19. The standard InChI is InChI=1S/C24H23NO5/c1-17(30-22-12-8-19(9-13-22)24(27)28-2)23(26)25-20-10-14-21(15-11-20)29-16-18-6-4-3-5-7-18/h3-15,17H,16H2,1-2H3,(H,25,26)/t17-/m0/s1. The van der Waals surface area contributed by atoms with Crippen LogP contribution in [0.1, 0.15) is 22.8 Å². The minimum Gasteiger partial charge on any atom is -0.489 e. The fourth-order valence-corrected chi connectivity index (χ4v) is 2.66. The van der Waals surface area contributed by atoms with E-state index in [1.807, 2.05) is 30.3 Å². The smallest absolute Gasteiger partial charge is 0.337 e. The molecule has 1 atom stereocenters. The summed E-state index contributed by atoms with van der Waals surface area (Å²) in [5, 5.41) is 2.81. The molecule has 30 heavy (non-hydrogen) atoms. The minimum atomic E-state index is -0.719. The van der Waals surface area contributed by atoms with Crippen molar-refractivity contribution in [3.8, 4) is 11.5 Å². The van der Waals surface area contributed by atoms with Crippen molar-refractivity contribution >= 4 is 17.6 Å². The van der Waals surface area contributed by atoms with E-state index >= 15 is 0 Å². The van der Waals surface area contributed by atoms with Crippen LogP contribution >= 0.6 is 0 Å². The molecule has 0 saturated heterocycles. The molecular formula is C24H23NO5. The maximum absolute atomic E-state index is 12.4. The Hall–Kier alpha value is -3.80. The van der Waals surface area contributed by atoms with Crippen LogP contribution in [0.2, 0.25) is 0 Å². The van der Waals surface area contributed by atoms with Gasteiger partial charge in [0.05, 0.1) is 12.7 Å². The normalized spacial score (nSPS) is 11.3. The fourth-order valence-electron chi connectivity index (χ4n) is 2.66. The molecule has 0 aliphatic heterocycles. The number of amides is 1. The molecule has 0 bridgehead atoms. The van der Waals surface area contributed by atoms with Gasteiger partial charge in [0.2, 0.25) is 0 Å². The molecule has 6 heteroatoms. The highest BCUT2D eigenvalue weighted by atomic mass is 16.5. The van der Waals surface area contributed by atoms with Crippen molar-refractivity contribution in [2.24, 2.45) is 0 Å². The van der Waals surface area contributed by atoms with Crippen LogP contribution < -0.4 is 14.8 Å². The lowest BCUT2D eigenvalue weighted by molar-refractivity contribution is -0.122. The van der Waals surface area contributed by atoms with E-state index < -0.39 is 12.1 Å². The fraction of sp³-hybridized carbons (Fsp3) is 0.167. The van der Waals surface area contributed by atoms with Crippen LogP contribution in [0.25, 0.3) is 0 Å². The molecule has 0 aliphatic carbocycles. The zero-order valence-electron chi connectivity index (χ0n) is 16.8. The molecular weight excluding hydrogens is 382 g/mol. The Balaban J connectivity index is 1.50. The number of hydrogen-bond donors (Lipinski definition) is 1. The van der Waals surface area contributed by atoms with Crippen LogP contribution in [0.15, 0.2) is 78.9 Å². The number of carbonyl (C=O) groups excluding carboxylic acids is 2. The lowest BCUT2D eigenvalue weighted by Gasteiger charge is -2.15. The summed E-state index contributed by atoms with van der Waals surface area (Å²) < 4.78 is 16.0. The van der Waals surface area contributed by atoms with E-state index in [0.717, 1.165) is 5.56 Å². The van der Waals surface area contributed by atoms with Gasteiger partial charge in [0.15, 0.2) is 6.10 Å². The molecule has 0 radical (unpaired) electrons. The van der Waals surface area contributed by atoms with E-state index in [4.69, 9.17) is 9.47 Å². The molecule has 0 saturated carbocycles. The molecule has 1 N–H and O–H groups in total. The number of methoxy groups -OCH3 is 1. The van der Waals surface area contributed by atoms with Gasteiger partial charge in [-0.2, -0.15) is 0 Å².